The first kappa shape index (κ1) is 13.3. The van der Waals surface area contributed by atoms with Gasteiger partial charge in [-0.05, 0) is 29.7 Å². The molecule has 0 bridgehead atoms. The minimum atomic E-state index is 0.111. The summed E-state index contributed by atoms with van der Waals surface area (Å²) in [5.41, 5.74) is 3.25. The lowest BCUT2D eigenvalue weighted by Gasteiger charge is -2.18. The summed E-state index contributed by atoms with van der Waals surface area (Å²) < 4.78 is 0. The van der Waals surface area contributed by atoms with Gasteiger partial charge in [-0.2, -0.15) is 0 Å². The van der Waals surface area contributed by atoms with Crippen molar-refractivity contribution in [3.8, 4) is 0 Å². The lowest BCUT2D eigenvalue weighted by molar-refractivity contribution is -0.117. The molecule has 2 aromatic carbocycles. The molecule has 0 heterocycles. The molecule has 0 atom stereocenters. The second kappa shape index (κ2) is 6.19. The third kappa shape index (κ3) is 3.44. The molecule has 0 aliphatic rings. The van der Waals surface area contributed by atoms with E-state index >= 15 is 0 Å². The number of hydrogen-bond donors (Lipinski definition) is 0. The minimum absolute atomic E-state index is 0.111. The van der Waals surface area contributed by atoms with E-state index in [9.17, 15) is 4.79 Å². The second-order valence-corrected chi connectivity index (χ2v) is 4.64. The molecule has 0 saturated carbocycles. The molecule has 2 rings (SSSR count). The Morgan fingerprint density at radius 3 is 2.37 bits per heavy atom. The van der Waals surface area contributed by atoms with Crippen LogP contribution in [0.5, 0.6) is 0 Å². The van der Waals surface area contributed by atoms with Crippen LogP contribution in [-0.4, -0.2) is 13.0 Å². The number of benzene rings is 2. The Labute approximate surface area is 114 Å². The van der Waals surface area contributed by atoms with E-state index in [2.05, 4.69) is 19.1 Å². The first-order valence-electron chi connectivity index (χ1n) is 6.60. The molecule has 0 unspecified atom stereocenters. The second-order valence-electron chi connectivity index (χ2n) is 4.64. The Morgan fingerprint density at radius 2 is 1.68 bits per heavy atom. The highest BCUT2D eigenvalue weighted by molar-refractivity contribution is 5.94. The fourth-order valence-corrected chi connectivity index (χ4v) is 2.02. The van der Waals surface area contributed by atoms with Crippen LogP contribution in [0.3, 0.4) is 0 Å². The lowest BCUT2D eigenvalue weighted by atomic mass is 10.1. The first-order chi connectivity index (χ1) is 9.20. The molecule has 19 heavy (non-hydrogen) atoms. The molecule has 2 heteroatoms. The molecule has 0 N–H and O–H groups in total. The van der Waals surface area contributed by atoms with Crippen LogP contribution in [0.4, 0.5) is 5.69 Å². The topological polar surface area (TPSA) is 20.3 Å². The van der Waals surface area contributed by atoms with Crippen LogP contribution in [0.1, 0.15) is 18.1 Å². The standard InChI is InChI=1S/C17H19NO/c1-3-14-10-7-11-16(12-14)18(2)17(19)13-15-8-5-4-6-9-15/h4-12H,3,13H2,1-2H3. The molecule has 2 nitrogen and oxygen atoms in total. The first-order valence-corrected chi connectivity index (χ1v) is 6.60. The SMILES string of the molecule is CCc1cccc(N(C)C(=O)Cc2ccccc2)c1. The highest BCUT2D eigenvalue weighted by Crippen LogP contribution is 2.16. The van der Waals surface area contributed by atoms with Crippen molar-refractivity contribution in [2.45, 2.75) is 19.8 Å². The average molecular weight is 253 g/mol. The van der Waals surface area contributed by atoms with Crippen LogP contribution in [-0.2, 0) is 17.6 Å². The summed E-state index contributed by atoms with van der Waals surface area (Å²) in [6.07, 6.45) is 1.42. The van der Waals surface area contributed by atoms with Crippen LogP contribution < -0.4 is 4.90 Å². The predicted molar refractivity (Wildman–Crippen MR) is 79.4 cm³/mol. The van der Waals surface area contributed by atoms with Gasteiger partial charge in [-0.15, -0.1) is 0 Å². The molecular weight excluding hydrogens is 234 g/mol. The van der Waals surface area contributed by atoms with Gasteiger partial charge in [0.25, 0.3) is 0 Å². The number of aryl methyl sites for hydroxylation is 1. The van der Waals surface area contributed by atoms with E-state index in [1.165, 1.54) is 5.56 Å². The Balaban J connectivity index is 2.10. The molecule has 0 aliphatic heterocycles. The summed E-state index contributed by atoms with van der Waals surface area (Å²) in [6, 6.07) is 18.0. The monoisotopic (exact) mass is 253 g/mol. The quantitative estimate of drug-likeness (QED) is 0.817. The Morgan fingerprint density at radius 1 is 1.00 bits per heavy atom. The van der Waals surface area contributed by atoms with E-state index in [1.54, 1.807) is 4.90 Å². The highest BCUT2D eigenvalue weighted by Gasteiger charge is 2.11. The van der Waals surface area contributed by atoms with Crippen molar-refractivity contribution in [1.29, 1.82) is 0 Å². The van der Waals surface area contributed by atoms with Gasteiger partial charge in [-0.3, -0.25) is 4.79 Å². The van der Waals surface area contributed by atoms with E-state index in [0.717, 1.165) is 17.7 Å². The van der Waals surface area contributed by atoms with Gasteiger partial charge in [0.1, 0.15) is 0 Å². The van der Waals surface area contributed by atoms with Crippen molar-refractivity contribution in [3.05, 3.63) is 65.7 Å². The van der Waals surface area contributed by atoms with Gasteiger partial charge in [0.2, 0.25) is 5.91 Å². The fourth-order valence-electron chi connectivity index (χ4n) is 2.02. The maximum Gasteiger partial charge on any atom is 0.231 e. The number of carbonyl (C=O) groups excluding carboxylic acids is 1. The van der Waals surface area contributed by atoms with E-state index < -0.39 is 0 Å². The minimum Gasteiger partial charge on any atom is -0.315 e. The van der Waals surface area contributed by atoms with Crippen LogP contribution in [0.25, 0.3) is 0 Å². The molecule has 2 aromatic rings. The molecule has 0 aromatic heterocycles. The van der Waals surface area contributed by atoms with Gasteiger partial charge in [-0.25, -0.2) is 0 Å². The molecule has 0 fully saturated rings. The number of rotatable bonds is 4. The predicted octanol–water partition coefficient (Wildman–Crippen LogP) is 3.45. The Kier molecular flexibility index (Phi) is 4.35. The van der Waals surface area contributed by atoms with Crippen molar-refractivity contribution >= 4 is 11.6 Å². The number of hydrogen-bond acceptors (Lipinski definition) is 1. The largest absolute Gasteiger partial charge is 0.315 e. The highest BCUT2D eigenvalue weighted by atomic mass is 16.2. The molecular formula is C17H19NO. The van der Waals surface area contributed by atoms with E-state index in [0.29, 0.717) is 6.42 Å². The van der Waals surface area contributed by atoms with Crippen LogP contribution in [0.2, 0.25) is 0 Å². The summed E-state index contributed by atoms with van der Waals surface area (Å²) in [4.78, 5) is 14.0. The third-order valence-corrected chi connectivity index (χ3v) is 3.28. The smallest absolute Gasteiger partial charge is 0.231 e. The number of nitrogens with zero attached hydrogens (tertiary/aromatic N) is 1. The summed E-state index contributed by atoms with van der Waals surface area (Å²) in [7, 11) is 1.83. The fraction of sp³-hybridized carbons (Fsp3) is 0.235. The van der Waals surface area contributed by atoms with E-state index in [-0.39, 0.29) is 5.91 Å². The summed E-state index contributed by atoms with van der Waals surface area (Å²) in [5, 5.41) is 0. The molecule has 1 amide bonds. The zero-order valence-corrected chi connectivity index (χ0v) is 11.5. The van der Waals surface area contributed by atoms with Crippen molar-refractivity contribution in [2.24, 2.45) is 0 Å². The van der Waals surface area contributed by atoms with E-state index in [4.69, 9.17) is 0 Å². The summed E-state index contributed by atoms with van der Waals surface area (Å²) >= 11 is 0. The number of likely N-dealkylation sites (N-methyl/N-ethyl adjacent to an activating group) is 1. The van der Waals surface area contributed by atoms with Crippen molar-refractivity contribution < 1.29 is 4.79 Å². The molecule has 0 aliphatic carbocycles. The van der Waals surface area contributed by atoms with Crippen molar-refractivity contribution in [2.75, 3.05) is 11.9 Å². The Bertz CT molecular complexity index is 548. The number of carbonyl (C=O) groups is 1. The molecule has 0 saturated heterocycles. The zero-order valence-electron chi connectivity index (χ0n) is 11.5. The van der Waals surface area contributed by atoms with Gasteiger partial charge < -0.3 is 4.90 Å². The van der Waals surface area contributed by atoms with Gasteiger partial charge in [0.05, 0.1) is 6.42 Å². The number of amides is 1. The van der Waals surface area contributed by atoms with Crippen LogP contribution in [0.15, 0.2) is 54.6 Å². The maximum atomic E-state index is 12.2. The molecule has 0 spiro atoms. The number of anilines is 1. The summed E-state index contributed by atoms with van der Waals surface area (Å²) in [5.74, 6) is 0.111. The van der Waals surface area contributed by atoms with Crippen LogP contribution >= 0.6 is 0 Å². The summed E-state index contributed by atoms with van der Waals surface area (Å²) in [6.45, 7) is 2.12. The van der Waals surface area contributed by atoms with Crippen molar-refractivity contribution in [3.63, 3.8) is 0 Å². The van der Waals surface area contributed by atoms with Gasteiger partial charge in [0.15, 0.2) is 0 Å². The van der Waals surface area contributed by atoms with Crippen molar-refractivity contribution in [1.82, 2.24) is 0 Å². The van der Waals surface area contributed by atoms with E-state index in [1.807, 2.05) is 49.5 Å². The van der Waals surface area contributed by atoms with Crippen LogP contribution in [0, 0.1) is 0 Å². The van der Waals surface area contributed by atoms with Gasteiger partial charge >= 0.3 is 0 Å². The zero-order chi connectivity index (χ0) is 13.7. The average Bonchev–Trinajstić information content (AvgIpc) is 2.47. The molecule has 0 radical (unpaired) electrons. The third-order valence-electron chi connectivity index (χ3n) is 3.28. The van der Waals surface area contributed by atoms with Gasteiger partial charge in [0, 0.05) is 12.7 Å². The Hall–Kier alpha value is -2.09. The van der Waals surface area contributed by atoms with Gasteiger partial charge in [-0.1, -0.05) is 49.4 Å². The molecule has 98 valence electrons. The normalized spacial score (nSPS) is 10.2. The maximum absolute atomic E-state index is 12.2. The lowest BCUT2D eigenvalue weighted by Crippen LogP contribution is -2.27.